The Hall–Kier alpha value is -2.11. The summed E-state index contributed by atoms with van der Waals surface area (Å²) in [5.74, 6) is -0.133. The first-order valence-corrected chi connectivity index (χ1v) is 5.90. The Kier molecular flexibility index (Phi) is 3.99. The van der Waals surface area contributed by atoms with E-state index >= 15 is 0 Å². The Morgan fingerprint density at radius 3 is 2.32 bits per heavy atom. The van der Waals surface area contributed by atoms with Crippen molar-refractivity contribution in [3.63, 3.8) is 0 Å². The normalized spacial score (nSPS) is 10.1. The predicted octanol–water partition coefficient (Wildman–Crippen LogP) is 0.393. The monoisotopic (exact) mass is 255 g/mol. The molecule has 96 valence electrons. The maximum atomic E-state index is 11.4. The zero-order valence-corrected chi connectivity index (χ0v) is 10.5. The number of benzene rings is 2. The molecule has 0 saturated carbocycles. The van der Waals surface area contributed by atoms with E-state index in [4.69, 9.17) is 10.0 Å². The summed E-state index contributed by atoms with van der Waals surface area (Å²) in [5, 5.41) is 20.9. The molecule has 2 rings (SSSR count). The minimum atomic E-state index is -1.48. The van der Waals surface area contributed by atoms with Gasteiger partial charge in [0.05, 0.1) is 0 Å². The molecule has 2 aromatic rings. The molecule has 0 bridgehead atoms. The van der Waals surface area contributed by atoms with E-state index in [1.807, 2.05) is 18.2 Å². The zero-order valence-electron chi connectivity index (χ0n) is 10.5. The van der Waals surface area contributed by atoms with Gasteiger partial charge in [-0.05, 0) is 28.7 Å². The number of rotatable bonds is 3. The van der Waals surface area contributed by atoms with E-state index in [0.717, 1.165) is 11.1 Å². The van der Waals surface area contributed by atoms with Crippen molar-refractivity contribution in [2.24, 2.45) is 0 Å². The first-order chi connectivity index (χ1) is 9.11. The van der Waals surface area contributed by atoms with Crippen molar-refractivity contribution in [1.82, 2.24) is 5.32 Å². The summed E-state index contributed by atoms with van der Waals surface area (Å²) in [7, 11) is 0.104. The lowest BCUT2D eigenvalue weighted by atomic mass is 9.79. The fourth-order valence-corrected chi connectivity index (χ4v) is 1.84. The molecule has 0 radical (unpaired) electrons. The van der Waals surface area contributed by atoms with Crippen molar-refractivity contribution < 1.29 is 14.8 Å². The third-order valence-corrected chi connectivity index (χ3v) is 2.89. The van der Waals surface area contributed by atoms with Gasteiger partial charge in [0, 0.05) is 12.6 Å². The topological polar surface area (TPSA) is 69.6 Å². The molecular formula is C14H14BNO3. The number of carbonyl (C=O) groups is 1. The maximum absolute atomic E-state index is 11.4. The van der Waals surface area contributed by atoms with Crippen LogP contribution in [0.15, 0.2) is 48.5 Å². The molecule has 0 heterocycles. The molecule has 19 heavy (non-hydrogen) atoms. The Balaban J connectivity index is 2.32. The molecule has 1 amide bonds. The first kappa shape index (κ1) is 13.3. The molecule has 5 heteroatoms. The van der Waals surface area contributed by atoms with Gasteiger partial charge in [0.15, 0.2) is 0 Å². The number of amides is 1. The molecule has 0 spiro atoms. The molecule has 0 unspecified atom stereocenters. The second-order valence-electron chi connectivity index (χ2n) is 4.16. The van der Waals surface area contributed by atoms with Gasteiger partial charge >= 0.3 is 7.12 Å². The average molecular weight is 255 g/mol. The van der Waals surface area contributed by atoms with Gasteiger partial charge in [-0.15, -0.1) is 0 Å². The fourth-order valence-electron chi connectivity index (χ4n) is 1.84. The van der Waals surface area contributed by atoms with Crippen LogP contribution in [-0.4, -0.2) is 30.1 Å². The van der Waals surface area contributed by atoms with E-state index < -0.39 is 7.12 Å². The fraction of sp³-hybridized carbons (Fsp3) is 0.0714. The van der Waals surface area contributed by atoms with Crippen LogP contribution in [0, 0.1) is 0 Å². The second kappa shape index (κ2) is 5.69. The molecule has 0 fully saturated rings. The summed E-state index contributed by atoms with van der Waals surface area (Å²) < 4.78 is 0. The maximum Gasteiger partial charge on any atom is 0.488 e. The van der Waals surface area contributed by atoms with Crippen LogP contribution in [0.3, 0.4) is 0 Å². The molecule has 4 nitrogen and oxygen atoms in total. The Labute approximate surface area is 111 Å². The summed E-state index contributed by atoms with van der Waals surface area (Å²) in [4.78, 5) is 11.4. The standard InChI is InChI=1S/C14H14BNO3/c1-16-14(17)11-7-5-10(6-8-11)12-3-2-4-13(9-12)15(18)19/h2-9,18-19H,1H3,(H,16,17). The van der Waals surface area contributed by atoms with Gasteiger partial charge in [-0.25, -0.2) is 0 Å². The Morgan fingerprint density at radius 2 is 1.74 bits per heavy atom. The average Bonchev–Trinajstić information content (AvgIpc) is 2.46. The smallest absolute Gasteiger partial charge is 0.423 e. The second-order valence-corrected chi connectivity index (χ2v) is 4.16. The van der Waals surface area contributed by atoms with E-state index in [0.29, 0.717) is 11.0 Å². The van der Waals surface area contributed by atoms with Crippen LogP contribution in [-0.2, 0) is 0 Å². The highest BCUT2D eigenvalue weighted by atomic mass is 16.4. The van der Waals surface area contributed by atoms with Crippen molar-refractivity contribution in [2.75, 3.05) is 7.05 Å². The molecule has 0 saturated heterocycles. The van der Waals surface area contributed by atoms with E-state index in [2.05, 4.69) is 5.32 Å². The van der Waals surface area contributed by atoms with Gasteiger partial charge in [-0.3, -0.25) is 4.79 Å². The highest BCUT2D eigenvalue weighted by Crippen LogP contribution is 2.18. The van der Waals surface area contributed by atoms with Gasteiger partial charge in [-0.2, -0.15) is 0 Å². The van der Waals surface area contributed by atoms with Crippen molar-refractivity contribution in [3.05, 3.63) is 54.1 Å². The predicted molar refractivity (Wildman–Crippen MR) is 75.1 cm³/mol. The van der Waals surface area contributed by atoms with E-state index in [-0.39, 0.29) is 5.91 Å². The molecule has 0 aromatic heterocycles. The highest BCUT2D eigenvalue weighted by Gasteiger charge is 2.11. The van der Waals surface area contributed by atoms with Crippen LogP contribution in [0.5, 0.6) is 0 Å². The minimum absolute atomic E-state index is 0.133. The van der Waals surface area contributed by atoms with Gasteiger partial charge < -0.3 is 15.4 Å². The molecule has 0 aliphatic heterocycles. The zero-order chi connectivity index (χ0) is 13.8. The lowest BCUT2D eigenvalue weighted by Gasteiger charge is -2.06. The molecular weight excluding hydrogens is 241 g/mol. The van der Waals surface area contributed by atoms with Crippen LogP contribution in [0.2, 0.25) is 0 Å². The number of carbonyl (C=O) groups excluding carboxylic acids is 1. The number of hydrogen-bond acceptors (Lipinski definition) is 3. The summed E-state index contributed by atoms with van der Waals surface area (Å²) >= 11 is 0. The quantitative estimate of drug-likeness (QED) is 0.695. The summed E-state index contributed by atoms with van der Waals surface area (Å²) in [5.41, 5.74) is 2.81. The van der Waals surface area contributed by atoms with Crippen LogP contribution < -0.4 is 10.8 Å². The van der Waals surface area contributed by atoms with Gasteiger partial charge in [0.2, 0.25) is 0 Å². The SMILES string of the molecule is CNC(=O)c1ccc(-c2cccc(B(O)O)c2)cc1. The van der Waals surface area contributed by atoms with Crippen LogP contribution in [0.25, 0.3) is 11.1 Å². The minimum Gasteiger partial charge on any atom is -0.423 e. The molecule has 0 aliphatic rings. The third kappa shape index (κ3) is 3.02. The molecule has 2 aromatic carbocycles. The highest BCUT2D eigenvalue weighted by molar-refractivity contribution is 6.58. The molecule has 0 atom stereocenters. The number of nitrogens with one attached hydrogen (secondary N) is 1. The number of hydrogen-bond donors (Lipinski definition) is 3. The van der Waals surface area contributed by atoms with Crippen LogP contribution in [0.4, 0.5) is 0 Å². The van der Waals surface area contributed by atoms with Crippen LogP contribution in [0.1, 0.15) is 10.4 Å². The van der Waals surface area contributed by atoms with E-state index in [1.54, 1.807) is 37.4 Å². The summed E-state index contributed by atoms with van der Waals surface area (Å²) in [6.07, 6.45) is 0. The van der Waals surface area contributed by atoms with Gasteiger partial charge in [-0.1, -0.05) is 36.4 Å². The van der Waals surface area contributed by atoms with Crippen molar-refractivity contribution >= 4 is 18.5 Å². The van der Waals surface area contributed by atoms with E-state index in [1.165, 1.54) is 0 Å². The molecule has 0 aliphatic carbocycles. The summed E-state index contributed by atoms with van der Waals surface area (Å²) in [6, 6.07) is 14.1. The van der Waals surface area contributed by atoms with Gasteiger partial charge in [0.25, 0.3) is 5.91 Å². The van der Waals surface area contributed by atoms with Crippen molar-refractivity contribution in [3.8, 4) is 11.1 Å². The lowest BCUT2D eigenvalue weighted by Crippen LogP contribution is -2.29. The largest absolute Gasteiger partial charge is 0.488 e. The Bertz CT molecular complexity index is 581. The lowest BCUT2D eigenvalue weighted by molar-refractivity contribution is 0.0963. The molecule has 3 N–H and O–H groups in total. The van der Waals surface area contributed by atoms with Gasteiger partial charge in [0.1, 0.15) is 0 Å². The van der Waals surface area contributed by atoms with Crippen LogP contribution >= 0.6 is 0 Å². The van der Waals surface area contributed by atoms with E-state index in [9.17, 15) is 4.79 Å². The van der Waals surface area contributed by atoms with Crippen molar-refractivity contribution in [1.29, 1.82) is 0 Å². The first-order valence-electron chi connectivity index (χ1n) is 5.90. The summed E-state index contributed by atoms with van der Waals surface area (Å²) in [6.45, 7) is 0. The Morgan fingerprint density at radius 1 is 1.05 bits per heavy atom. The van der Waals surface area contributed by atoms with Crippen molar-refractivity contribution in [2.45, 2.75) is 0 Å². The third-order valence-electron chi connectivity index (χ3n) is 2.89.